The molecule has 1 saturated heterocycles. The molecule has 0 bridgehead atoms. The zero-order chi connectivity index (χ0) is 15.4. The second-order valence-corrected chi connectivity index (χ2v) is 6.05. The Morgan fingerprint density at radius 3 is 2.77 bits per heavy atom. The van der Waals surface area contributed by atoms with E-state index in [-0.39, 0.29) is 0 Å². The normalized spacial score (nSPS) is 16.8. The predicted octanol–water partition coefficient (Wildman–Crippen LogP) is 2.75. The summed E-state index contributed by atoms with van der Waals surface area (Å²) in [6, 6.07) is 6.65. The van der Waals surface area contributed by atoms with E-state index in [0.29, 0.717) is 6.04 Å². The number of anilines is 1. The third kappa shape index (κ3) is 3.47. The van der Waals surface area contributed by atoms with Gasteiger partial charge < -0.3 is 5.32 Å². The van der Waals surface area contributed by atoms with E-state index in [1.54, 1.807) is 0 Å². The molecule has 0 unspecified atom stereocenters. The Hall–Kier alpha value is -1.88. The molecular formula is C17H25N5. The van der Waals surface area contributed by atoms with Crippen molar-refractivity contribution >= 4 is 5.82 Å². The lowest BCUT2D eigenvalue weighted by molar-refractivity contribution is 0.209. The molecule has 5 nitrogen and oxygen atoms in total. The highest BCUT2D eigenvalue weighted by atomic mass is 15.2. The van der Waals surface area contributed by atoms with Gasteiger partial charge in [0.1, 0.15) is 0 Å². The molecule has 118 valence electrons. The second-order valence-electron chi connectivity index (χ2n) is 6.05. The number of rotatable bonds is 5. The molecule has 1 fully saturated rings. The first-order chi connectivity index (χ1) is 10.8. The quantitative estimate of drug-likeness (QED) is 0.891. The molecule has 0 radical (unpaired) electrons. The molecule has 0 spiro atoms. The standard InChI is InChI=1S/C17H25N5/c1-3-16-13(2)17(21-20-16)19-14-7-10-22(11-8-14)12-15-6-4-5-9-18-15/h4-6,9,14H,3,7-8,10-12H2,1-2H3,(H2,19,20,21). The fraction of sp³-hybridized carbons (Fsp3) is 0.529. The van der Waals surface area contributed by atoms with Gasteiger partial charge in [0, 0.05) is 43.1 Å². The minimum absolute atomic E-state index is 0.520. The maximum Gasteiger partial charge on any atom is 0.151 e. The number of aromatic amines is 1. The summed E-state index contributed by atoms with van der Waals surface area (Å²) in [5.41, 5.74) is 3.65. The van der Waals surface area contributed by atoms with E-state index >= 15 is 0 Å². The molecule has 0 aromatic carbocycles. The molecule has 3 heterocycles. The average Bonchev–Trinajstić information content (AvgIpc) is 2.90. The zero-order valence-electron chi connectivity index (χ0n) is 13.5. The lowest BCUT2D eigenvalue weighted by Gasteiger charge is -2.32. The van der Waals surface area contributed by atoms with Crippen LogP contribution in [0, 0.1) is 6.92 Å². The number of aryl methyl sites for hydroxylation is 1. The van der Waals surface area contributed by atoms with Gasteiger partial charge in [0.25, 0.3) is 0 Å². The topological polar surface area (TPSA) is 56.8 Å². The van der Waals surface area contributed by atoms with Crippen LogP contribution in [0.15, 0.2) is 24.4 Å². The molecule has 0 amide bonds. The van der Waals surface area contributed by atoms with Crippen molar-refractivity contribution in [3.05, 3.63) is 41.3 Å². The van der Waals surface area contributed by atoms with Crippen LogP contribution >= 0.6 is 0 Å². The van der Waals surface area contributed by atoms with Crippen LogP contribution in [0.5, 0.6) is 0 Å². The maximum absolute atomic E-state index is 4.41. The highest BCUT2D eigenvalue weighted by Gasteiger charge is 2.21. The van der Waals surface area contributed by atoms with Gasteiger partial charge in [0.15, 0.2) is 5.82 Å². The van der Waals surface area contributed by atoms with Crippen LogP contribution in [-0.4, -0.2) is 39.2 Å². The van der Waals surface area contributed by atoms with E-state index in [4.69, 9.17) is 0 Å². The molecule has 5 heteroatoms. The van der Waals surface area contributed by atoms with Crippen molar-refractivity contribution in [2.75, 3.05) is 18.4 Å². The molecule has 0 atom stereocenters. The molecule has 0 saturated carbocycles. The van der Waals surface area contributed by atoms with Crippen molar-refractivity contribution in [1.29, 1.82) is 0 Å². The summed E-state index contributed by atoms with van der Waals surface area (Å²) < 4.78 is 0. The Kier molecular flexibility index (Phi) is 4.73. The van der Waals surface area contributed by atoms with Gasteiger partial charge in [0.05, 0.1) is 5.69 Å². The van der Waals surface area contributed by atoms with Gasteiger partial charge >= 0.3 is 0 Å². The summed E-state index contributed by atoms with van der Waals surface area (Å²) in [5, 5.41) is 11.1. The number of likely N-dealkylation sites (tertiary alicyclic amines) is 1. The highest BCUT2D eigenvalue weighted by molar-refractivity contribution is 5.46. The number of hydrogen-bond acceptors (Lipinski definition) is 4. The van der Waals surface area contributed by atoms with Gasteiger partial charge in [-0.25, -0.2) is 0 Å². The number of piperidine rings is 1. The Morgan fingerprint density at radius 2 is 2.14 bits per heavy atom. The number of pyridine rings is 1. The predicted molar refractivity (Wildman–Crippen MR) is 88.9 cm³/mol. The number of H-pyrrole nitrogens is 1. The summed E-state index contributed by atoms with van der Waals surface area (Å²) in [6.07, 6.45) is 5.18. The number of nitrogens with one attached hydrogen (secondary N) is 2. The van der Waals surface area contributed by atoms with E-state index in [1.807, 2.05) is 12.3 Å². The zero-order valence-corrected chi connectivity index (χ0v) is 13.5. The van der Waals surface area contributed by atoms with Gasteiger partial charge in [0.2, 0.25) is 0 Å². The lowest BCUT2D eigenvalue weighted by atomic mass is 10.0. The van der Waals surface area contributed by atoms with Crippen LogP contribution in [0.25, 0.3) is 0 Å². The van der Waals surface area contributed by atoms with Crippen LogP contribution in [0.1, 0.15) is 36.7 Å². The molecule has 2 N–H and O–H groups in total. The van der Waals surface area contributed by atoms with Crippen molar-refractivity contribution in [3.63, 3.8) is 0 Å². The molecule has 2 aromatic rings. The molecule has 2 aromatic heterocycles. The first kappa shape index (κ1) is 15.0. The monoisotopic (exact) mass is 299 g/mol. The maximum atomic E-state index is 4.41. The molecule has 1 aliphatic heterocycles. The molecule has 22 heavy (non-hydrogen) atoms. The largest absolute Gasteiger partial charge is 0.366 e. The summed E-state index contributed by atoms with van der Waals surface area (Å²) in [7, 11) is 0. The van der Waals surface area contributed by atoms with Crippen molar-refractivity contribution in [2.24, 2.45) is 0 Å². The fourth-order valence-electron chi connectivity index (χ4n) is 3.07. The Morgan fingerprint density at radius 1 is 1.32 bits per heavy atom. The van der Waals surface area contributed by atoms with Crippen LogP contribution in [0.3, 0.4) is 0 Å². The Labute approximate surface area is 132 Å². The second kappa shape index (κ2) is 6.92. The third-order valence-electron chi connectivity index (χ3n) is 4.50. The SMILES string of the molecule is CCc1[nH]nc(NC2CCN(Cc3ccccn3)CC2)c1C. The summed E-state index contributed by atoms with van der Waals surface area (Å²) >= 11 is 0. The van der Waals surface area contributed by atoms with Crippen LogP contribution < -0.4 is 5.32 Å². The first-order valence-corrected chi connectivity index (χ1v) is 8.19. The smallest absolute Gasteiger partial charge is 0.151 e. The minimum Gasteiger partial charge on any atom is -0.366 e. The van der Waals surface area contributed by atoms with Gasteiger partial charge in [-0.05, 0) is 38.3 Å². The summed E-state index contributed by atoms with van der Waals surface area (Å²) in [6.45, 7) is 7.47. The molecule has 1 aliphatic rings. The third-order valence-corrected chi connectivity index (χ3v) is 4.50. The number of aromatic nitrogens is 3. The minimum atomic E-state index is 0.520. The average molecular weight is 299 g/mol. The molecule has 0 aliphatic carbocycles. The van der Waals surface area contributed by atoms with E-state index < -0.39 is 0 Å². The van der Waals surface area contributed by atoms with Crippen molar-refractivity contribution in [3.8, 4) is 0 Å². The van der Waals surface area contributed by atoms with E-state index in [9.17, 15) is 0 Å². The first-order valence-electron chi connectivity index (χ1n) is 8.19. The Balaban J connectivity index is 1.50. The Bertz CT molecular complexity index is 584. The van der Waals surface area contributed by atoms with Crippen molar-refractivity contribution in [1.82, 2.24) is 20.1 Å². The van der Waals surface area contributed by atoms with E-state index in [2.05, 4.69) is 51.4 Å². The number of nitrogens with zero attached hydrogens (tertiary/aromatic N) is 3. The van der Waals surface area contributed by atoms with Gasteiger partial charge in [-0.2, -0.15) is 5.10 Å². The molecule has 3 rings (SSSR count). The van der Waals surface area contributed by atoms with Crippen LogP contribution in [-0.2, 0) is 13.0 Å². The summed E-state index contributed by atoms with van der Waals surface area (Å²) in [4.78, 5) is 6.89. The van der Waals surface area contributed by atoms with Gasteiger partial charge in [-0.1, -0.05) is 13.0 Å². The molecular weight excluding hydrogens is 274 g/mol. The van der Waals surface area contributed by atoms with Gasteiger partial charge in [-0.3, -0.25) is 15.0 Å². The summed E-state index contributed by atoms with van der Waals surface area (Å²) in [5.74, 6) is 1.03. The highest BCUT2D eigenvalue weighted by Crippen LogP contribution is 2.20. The van der Waals surface area contributed by atoms with E-state index in [0.717, 1.165) is 50.4 Å². The van der Waals surface area contributed by atoms with Crippen LogP contribution in [0.4, 0.5) is 5.82 Å². The van der Waals surface area contributed by atoms with E-state index in [1.165, 1.54) is 11.3 Å². The lowest BCUT2D eigenvalue weighted by Crippen LogP contribution is -2.39. The van der Waals surface area contributed by atoms with Gasteiger partial charge in [-0.15, -0.1) is 0 Å². The number of hydrogen-bond donors (Lipinski definition) is 2. The van der Waals surface area contributed by atoms with Crippen molar-refractivity contribution < 1.29 is 0 Å². The fourth-order valence-corrected chi connectivity index (χ4v) is 3.07. The van der Waals surface area contributed by atoms with Crippen molar-refractivity contribution in [2.45, 2.75) is 45.7 Å². The van der Waals surface area contributed by atoms with Crippen LogP contribution in [0.2, 0.25) is 0 Å².